The van der Waals surface area contributed by atoms with Crippen molar-refractivity contribution in [2.24, 2.45) is 0 Å². The summed E-state index contributed by atoms with van der Waals surface area (Å²) in [4.78, 5) is 1.65. The minimum absolute atomic E-state index is 0.0296. The van der Waals surface area contributed by atoms with Crippen LogP contribution in [0.3, 0.4) is 0 Å². The molecule has 0 saturated carbocycles. The maximum absolute atomic E-state index is 9.06. The standard InChI is InChI=1S/C34H25N/c1-3-10-26(11-4-1)28-20-22-33(23-21-28)35(32-15-5-2-6-16-32)34-17-9-14-30(25-34)31-19-18-27-12-7-8-13-29(27)24-31/h1-25H/i1D,3D,4D,10D,11D,20D,21D,22D,23D. The first-order valence-electron chi connectivity index (χ1n) is 15.7. The molecule has 0 amide bonds. The van der Waals surface area contributed by atoms with Gasteiger partial charge >= 0.3 is 0 Å². The summed E-state index contributed by atoms with van der Waals surface area (Å²) in [5.41, 5.74) is 2.30. The Hall–Kier alpha value is -4.62. The van der Waals surface area contributed by atoms with E-state index in [1.807, 2.05) is 78.9 Å². The van der Waals surface area contributed by atoms with E-state index in [4.69, 9.17) is 12.3 Å². The van der Waals surface area contributed by atoms with E-state index < -0.39 is 54.4 Å². The van der Waals surface area contributed by atoms with Crippen LogP contribution in [0.2, 0.25) is 0 Å². The van der Waals surface area contributed by atoms with E-state index in [0.717, 1.165) is 21.9 Å². The zero-order valence-corrected chi connectivity index (χ0v) is 18.7. The second kappa shape index (κ2) is 9.32. The molecule has 0 N–H and O–H groups in total. The maximum atomic E-state index is 9.06. The number of benzene rings is 6. The number of fused-ring (bicyclic) bond motifs is 1. The fourth-order valence-corrected chi connectivity index (χ4v) is 4.10. The molecule has 0 unspecified atom stereocenters. The average molecular weight is 457 g/mol. The first-order chi connectivity index (χ1) is 21.1. The molecule has 0 atom stereocenters. The lowest BCUT2D eigenvalue weighted by atomic mass is 10.0. The van der Waals surface area contributed by atoms with Gasteiger partial charge in [-0.1, -0.05) is 109 Å². The van der Waals surface area contributed by atoms with Crippen molar-refractivity contribution in [3.63, 3.8) is 0 Å². The zero-order valence-electron chi connectivity index (χ0n) is 27.7. The number of hydrogen-bond donors (Lipinski definition) is 0. The molecule has 1 nitrogen and oxygen atoms in total. The van der Waals surface area contributed by atoms with Crippen molar-refractivity contribution in [2.45, 2.75) is 0 Å². The summed E-state index contributed by atoms with van der Waals surface area (Å²) in [5, 5.41) is 2.19. The van der Waals surface area contributed by atoms with Crippen LogP contribution in [0.4, 0.5) is 17.1 Å². The second-order valence-electron chi connectivity index (χ2n) is 8.01. The lowest BCUT2D eigenvalue weighted by molar-refractivity contribution is 1.28. The third kappa shape index (κ3) is 4.32. The van der Waals surface area contributed by atoms with Crippen LogP contribution in [0.5, 0.6) is 0 Å². The van der Waals surface area contributed by atoms with Crippen LogP contribution >= 0.6 is 0 Å². The fourth-order valence-electron chi connectivity index (χ4n) is 4.10. The Morgan fingerprint density at radius 3 is 1.86 bits per heavy atom. The number of anilines is 3. The molecule has 0 saturated heterocycles. The van der Waals surface area contributed by atoms with E-state index in [2.05, 4.69) is 6.07 Å². The molecule has 166 valence electrons. The van der Waals surface area contributed by atoms with Gasteiger partial charge in [-0.25, -0.2) is 0 Å². The Morgan fingerprint density at radius 2 is 1.06 bits per heavy atom. The van der Waals surface area contributed by atoms with Gasteiger partial charge in [0, 0.05) is 17.1 Å². The summed E-state index contributed by atoms with van der Waals surface area (Å²) >= 11 is 0. The topological polar surface area (TPSA) is 3.24 Å². The fraction of sp³-hybridized carbons (Fsp3) is 0. The number of rotatable bonds is 5. The molecule has 0 aliphatic carbocycles. The molecule has 0 spiro atoms. The lowest BCUT2D eigenvalue weighted by Gasteiger charge is -2.26. The summed E-state index contributed by atoms with van der Waals surface area (Å²) in [7, 11) is 0. The second-order valence-corrected chi connectivity index (χ2v) is 8.01. The quantitative estimate of drug-likeness (QED) is 0.249. The predicted molar refractivity (Wildman–Crippen MR) is 150 cm³/mol. The van der Waals surface area contributed by atoms with E-state index in [-0.39, 0.29) is 16.8 Å². The van der Waals surface area contributed by atoms with Gasteiger partial charge in [-0.3, -0.25) is 0 Å². The first kappa shape index (κ1) is 13.3. The van der Waals surface area contributed by atoms with Crippen molar-refractivity contribution in [3.8, 4) is 22.3 Å². The van der Waals surface area contributed by atoms with Crippen LogP contribution in [0.15, 0.2) is 151 Å². The smallest absolute Gasteiger partial charge is 0.0645 e. The van der Waals surface area contributed by atoms with Crippen molar-refractivity contribution >= 4 is 27.8 Å². The molecule has 0 aromatic heterocycles. The highest BCUT2D eigenvalue weighted by molar-refractivity contribution is 5.88. The normalized spacial score (nSPS) is 14.5. The Labute approximate surface area is 219 Å². The molecular weight excluding hydrogens is 422 g/mol. The highest BCUT2D eigenvalue weighted by Crippen LogP contribution is 2.37. The van der Waals surface area contributed by atoms with Crippen molar-refractivity contribution in [1.29, 1.82) is 0 Å². The monoisotopic (exact) mass is 456 g/mol. The van der Waals surface area contributed by atoms with Crippen LogP contribution < -0.4 is 4.90 Å². The minimum Gasteiger partial charge on any atom is -0.310 e. The number of nitrogens with zero attached hydrogens (tertiary/aromatic N) is 1. The van der Waals surface area contributed by atoms with Gasteiger partial charge in [0.15, 0.2) is 0 Å². The Morgan fingerprint density at radius 1 is 0.400 bits per heavy atom. The largest absolute Gasteiger partial charge is 0.310 e. The van der Waals surface area contributed by atoms with E-state index in [1.165, 1.54) is 0 Å². The highest BCUT2D eigenvalue weighted by atomic mass is 15.1. The third-order valence-electron chi connectivity index (χ3n) is 5.79. The lowest BCUT2D eigenvalue weighted by Crippen LogP contribution is -2.09. The molecule has 0 aliphatic heterocycles. The average Bonchev–Trinajstić information content (AvgIpc) is 3.05. The molecule has 35 heavy (non-hydrogen) atoms. The first-order valence-corrected chi connectivity index (χ1v) is 11.2. The van der Waals surface area contributed by atoms with Gasteiger partial charge in [-0.05, 0) is 75.4 Å². The summed E-state index contributed by atoms with van der Waals surface area (Å²) in [5.74, 6) is 0. The predicted octanol–water partition coefficient (Wildman–Crippen LogP) is 9.64. The van der Waals surface area contributed by atoms with Crippen LogP contribution in [0, 0.1) is 0 Å². The Balaban J connectivity index is 1.58. The third-order valence-corrected chi connectivity index (χ3v) is 5.79. The molecular formula is C34H25N. The summed E-state index contributed by atoms with van der Waals surface area (Å²) in [6, 6.07) is 26.0. The van der Waals surface area contributed by atoms with Crippen molar-refractivity contribution in [2.75, 3.05) is 4.90 Å². The molecule has 0 bridgehead atoms. The van der Waals surface area contributed by atoms with Crippen LogP contribution in [-0.4, -0.2) is 0 Å². The SMILES string of the molecule is [2H]c1c([2H])c([2H])c(-c2c([2H])c([2H])c(N(c3ccccc3)c3cccc(-c4ccc5ccccc5c4)c3)c([2H])c2[2H])c([2H])c1[2H]. The molecule has 6 aromatic carbocycles. The molecule has 1 heteroatoms. The van der Waals surface area contributed by atoms with Crippen molar-refractivity contribution in [1.82, 2.24) is 0 Å². The van der Waals surface area contributed by atoms with Gasteiger partial charge in [-0.15, -0.1) is 0 Å². The maximum Gasteiger partial charge on any atom is 0.0645 e. The highest BCUT2D eigenvalue weighted by Gasteiger charge is 2.13. The van der Waals surface area contributed by atoms with Gasteiger partial charge in [0.1, 0.15) is 0 Å². The van der Waals surface area contributed by atoms with Crippen LogP contribution in [0.1, 0.15) is 12.3 Å². The molecule has 0 heterocycles. The Bertz CT molecular complexity index is 2020. The van der Waals surface area contributed by atoms with Gasteiger partial charge in [-0.2, -0.15) is 0 Å². The zero-order chi connectivity index (χ0) is 31.3. The van der Waals surface area contributed by atoms with Gasteiger partial charge in [0.05, 0.1) is 12.3 Å². The molecule has 0 fully saturated rings. The van der Waals surface area contributed by atoms with Crippen molar-refractivity contribution in [3.05, 3.63) is 151 Å². The van der Waals surface area contributed by atoms with E-state index >= 15 is 0 Å². The van der Waals surface area contributed by atoms with Gasteiger partial charge in [0.25, 0.3) is 0 Å². The molecule has 6 rings (SSSR count). The minimum atomic E-state index is -0.613. The molecule has 6 aromatic rings. The number of hydrogen-bond acceptors (Lipinski definition) is 1. The summed E-state index contributed by atoms with van der Waals surface area (Å²) in [6.07, 6.45) is 0. The summed E-state index contributed by atoms with van der Waals surface area (Å²) in [6.45, 7) is 0. The molecule has 0 radical (unpaired) electrons. The molecule has 0 aliphatic rings. The van der Waals surface area contributed by atoms with Crippen LogP contribution in [-0.2, 0) is 0 Å². The van der Waals surface area contributed by atoms with Crippen LogP contribution in [0.25, 0.3) is 33.0 Å². The van der Waals surface area contributed by atoms with E-state index in [0.29, 0.717) is 11.4 Å². The van der Waals surface area contributed by atoms with Crippen molar-refractivity contribution < 1.29 is 12.3 Å². The van der Waals surface area contributed by atoms with Gasteiger partial charge < -0.3 is 4.90 Å². The Kier molecular flexibility index (Phi) is 3.55. The van der Waals surface area contributed by atoms with Gasteiger partial charge in [0.2, 0.25) is 0 Å². The van der Waals surface area contributed by atoms with E-state index in [9.17, 15) is 0 Å². The summed E-state index contributed by atoms with van der Waals surface area (Å²) < 4.78 is 76.8. The number of para-hydroxylation sites is 1. The van der Waals surface area contributed by atoms with E-state index in [1.54, 1.807) is 17.0 Å².